The van der Waals surface area contributed by atoms with E-state index in [0.717, 1.165) is 5.69 Å². The van der Waals surface area contributed by atoms with Gasteiger partial charge in [0.05, 0.1) is 22.8 Å². The average Bonchev–Trinajstić information content (AvgIpc) is 2.67. The first-order valence-electron chi connectivity index (χ1n) is 8.39. The molecule has 1 fully saturated rings. The second-order valence-electron chi connectivity index (χ2n) is 6.02. The van der Waals surface area contributed by atoms with E-state index < -0.39 is 0 Å². The summed E-state index contributed by atoms with van der Waals surface area (Å²) >= 11 is 5.99. The number of amides is 2. The maximum atomic E-state index is 12.3. The van der Waals surface area contributed by atoms with Gasteiger partial charge in [0.15, 0.2) is 0 Å². The Balaban J connectivity index is 1.50. The molecule has 0 radical (unpaired) electrons. The number of halogens is 1. The minimum absolute atomic E-state index is 0.0688. The van der Waals surface area contributed by atoms with Crippen LogP contribution in [0.1, 0.15) is 10.4 Å². The Hall–Kier alpha value is -2.73. The fourth-order valence-electron chi connectivity index (χ4n) is 2.94. The van der Waals surface area contributed by atoms with Gasteiger partial charge in [-0.05, 0) is 24.3 Å². The quantitative estimate of drug-likeness (QED) is 0.861. The number of nitrogens with one attached hydrogen (secondary N) is 1. The van der Waals surface area contributed by atoms with Gasteiger partial charge in [0.25, 0.3) is 5.91 Å². The topological polar surface area (TPSA) is 72.9 Å². The highest BCUT2D eigenvalue weighted by molar-refractivity contribution is 6.33. The number of hydrogen-bond acceptors (Lipinski definition) is 4. The van der Waals surface area contributed by atoms with Gasteiger partial charge in [0.2, 0.25) is 5.91 Å². The molecule has 7 heteroatoms. The molecule has 0 aliphatic carbocycles. The van der Waals surface area contributed by atoms with Gasteiger partial charge in [-0.25, -0.2) is 0 Å². The number of aromatic hydroxyl groups is 1. The Morgan fingerprint density at radius 1 is 1.00 bits per heavy atom. The predicted molar refractivity (Wildman–Crippen MR) is 101 cm³/mol. The molecule has 1 aliphatic rings. The maximum Gasteiger partial charge on any atom is 0.253 e. The summed E-state index contributed by atoms with van der Waals surface area (Å²) in [5.41, 5.74) is 1.12. The third-order valence-electron chi connectivity index (χ3n) is 4.37. The summed E-state index contributed by atoms with van der Waals surface area (Å²) in [6, 6.07) is 13.9. The molecular weight excluding hydrogens is 354 g/mol. The van der Waals surface area contributed by atoms with Crippen molar-refractivity contribution in [1.29, 1.82) is 0 Å². The number of nitrogens with zero attached hydrogens (tertiary/aromatic N) is 2. The molecule has 0 saturated carbocycles. The number of benzene rings is 2. The second-order valence-corrected chi connectivity index (χ2v) is 6.43. The third kappa shape index (κ3) is 4.08. The van der Waals surface area contributed by atoms with E-state index in [1.54, 1.807) is 41.3 Å². The number of phenolic OH excluding ortho intramolecular Hbond substituents is 1. The normalized spacial score (nSPS) is 14.2. The minimum Gasteiger partial charge on any atom is -0.506 e. The first-order chi connectivity index (χ1) is 12.6. The summed E-state index contributed by atoms with van der Waals surface area (Å²) in [6.45, 7) is 2.26. The number of phenols is 1. The Morgan fingerprint density at radius 2 is 1.65 bits per heavy atom. The smallest absolute Gasteiger partial charge is 0.253 e. The van der Waals surface area contributed by atoms with Crippen molar-refractivity contribution in [3.8, 4) is 5.75 Å². The molecule has 0 unspecified atom stereocenters. The Kier molecular flexibility index (Phi) is 5.63. The van der Waals surface area contributed by atoms with Crippen molar-refractivity contribution < 1.29 is 14.7 Å². The van der Waals surface area contributed by atoms with E-state index in [9.17, 15) is 14.7 Å². The van der Waals surface area contributed by atoms with Gasteiger partial charge >= 0.3 is 0 Å². The number of rotatable bonds is 4. The van der Waals surface area contributed by atoms with Crippen LogP contribution >= 0.6 is 11.6 Å². The largest absolute Gasteiger partial charge is 0.506 e. The minimum atomic E-state index is -0.364. The molecule has 0 bridgehead atoms. The molecule has 3 rings (SSSR count). The van der Waals surface area contributed by atoms with Crippen molar-refractivity contribution in [2.45, 2.75) is 0 Å². The standard InChI is InChI=1S/C19H20ClN3O3/c20-15-6-2-1-5-14(15)19(26)21-13-18(25)23-11-9-22(10-12-23)16-7-3-4-8-17(16)24/h1-8,24H,9-13H2,(H,21,26). The SMILES string of the molecule is O=C(NCC(=O)N1CCN(c2ccccc2O)CC1)c1ccccc1Cl. The van der Waals surface area contributed by atoms with Crippen LogP contribution < -0.4 is 10.2 Å². The van der Waals surface area contributed by atoms with Crippen molar-refractivity contribution >= 4 is 29.1 Å². The first kappa shape index (κ1) is 18.1. The van der Waals surface area contributed by atoms with E-state index in [1.165, 1.54) is 0 Å². The van der Waals surface area contributed by atoms with Crippen LogP contribution in [0.5, 0.6) is 5.75 Å². The van der Waals surface area contributed by atoms with E-state index in [2.05, 4.69) is 5.32 Å². The van der Waals surface area contributed by atoms with Crippen LogP contribution in [0.4, 0.5) is 5.69 Å². The Bertz CT molecular complexity index is 804. The van der Waals surface area contributed by atoms with Gasteiger partial charge in [-0.1, -0.05) is 35.9 Å². The van der Waals surface area contributed by atoms with Gasteiger partial charge < -0.3 is 20.2 Å². The number of hydrogen-bond donors (Lipinski definition) is 2. The average molecular weight is 374 g/mol. The molecule has 2 N–H and O–H groups in total. The van der Waals surface area contributed by atoms with E-state index in [-0.39, 0.29) is 24.1 Å². The van der Waals surface area contributed by atoms with Gasteiger partial charge in [0.1, 0.15) is 5.75 Å². The lowest BCUT2D eigenvalue weighted by Crippen LogP contribution is -2.51. The molecule has 1 heterocycles. The summed E-state index contributed by atoms with van der Waals surface area (Å²) in [5.74, 6) is -0.265. The van der Waals surface area contributed by atoms with E-state index in [1.807, 2.05) is 17.0 Å². The number of carbonyl (C=O) groups excluding carboxylic acids is 2. The van der Waals surface area contributed by atoms with Crippen LogP contribution in [0, 0.1) is 0 Å². The lowest BCUT2D eigenvalue weighted by molar-refractivity contribution is -0.130. The summed E-state index contributed by atoms with van der Waals surface area (Å²) in [7, 11) is 0. The molecule has 136 valence electrons. The zero-order chi connectivity index (χ0) is 18.5. The lowest BCUT2D eigenvalue weighted by Gasteiger charge is -2.36. The molecule has 2 aromatic rings. The zero-order valence-corrected chi connectivity index (χ0v) is 14.9. The number of anilines is 1. The fourth-order valence-corrected chi connectivity index (χ4v) is 3.16. The highest BCUT2D eigenvalue weighted by atomic mass is 35.5. The van der Waals surface area contributed by atoms with Crippen molar-refractivity contribution in [3.05, 3.63) is 59.1 Å². The summed E-state index contributed by atoms with van der Waals surface area (Å²) in [5, 5.41) is 12.9. The monoisotopic (exact) mass is 373 g/mol. The van der Waals surface area contributed by atoms with Gasteiger partial charge in [-0.2, -0.15) is 0 Å². The second kappa shape index (κ2) is 8.10. The van der Waals surface area contributed by atoms with Crippen LogP contribution in [0.2, 0.25) is 5.02 Å². The molecule has 26 heavy (non-hydrogen) atoms. The van der Waals surface area contributed by atoms with E-state index in [4.69, 9.17) is 11.6 Å². The maximum absolute atomic E-state index is 12.3. The molecule has 2 amide bonds. The number of para-hydroxylation sites is 2. The number of carbonyl (C=O) groups is 2. The van der Waals surface area contributed by atoms with Crippen LogP contribution in [0.25, 0.3) is 0 Å². The number of piperazine rings is 1. The highest BCUT2D eigenvalue weighted by Crippen LogP contribution is 2.27. The Morgan fingerprint density at radius 3 is 2.35 bits per heavy atom. The summed E-state index contributed by atoms with van der Waals surface area (Å²) in [6.07, 6.45) is 0. The molecule has 6 nitrogen and oxygen atoms in total. The van der Waals surface area contributed by atoms with E-state index >= 15 is 0 Å². The molecule has 1 aliphatic heterocycles. The van der Waals surface area contributed by atoms with Gasteiger partial charge in [-0.15, -0.1) is 0 Å². The zero-order valence-electron chi connectivity index (χ0n) is 14.2. The van der Waals surface area contributed by atoms with Crippen LogP contribution in [0.3, 0.4) is 0 Å². The van der Waals surface area contributed by atoms with Crippen LogP contribution in [-0.4, -0.2) is 54.5 Å². The molecule has 0 spiro atoms. The molecular formula is C19H20ClN3O3. The molecule has 0 atom stereocenters. The Labute approximate surface area is 157 Å². The highest BCUT2D eigenvalue weighted by Gasteiger charge is 2.23. The molecule has 1 saturated heterocycles. The van der Waals surface area contributed by atoms with Crippen LogP contribution in [0.15, 0.2) is 48.5 Å². The van der Waals surface area contributed by atoms with Crippen molar-refractivity contribution in [2.24, 2.45) is 0 Å². The van der Waals surface area contributed by atoms with Crippen LogP contribution in [-0.2, 0) is 4.79 Å². The summed E-state index contributed by atoms with van der Waals surface area (Å²) in [4.78, 5) is 28.2. The fraction of sp³-hybridized carbons (Fsp3) is 0.263. The first-order valence-corrected chi connectivity index (χ1v) is 8.77. The van der Waals surface area contributed by atoms with E-state index in [0.29, 0.717) is 36.8 Å². The van der Waals surface area contributed by atoms with Crippen molar-refractivity contribution in [3.63, 3.8) is 0 Å². The summed E-state index contributed by atoms with van der Waals surface area (Å²) < 4.78 is 0. The molecule has 0 aromatic heterocycles. The molecule has 2 aromatic carbocycles. The van der Waals surface area contributed by atoms with Gasteiger partial charge in [-0.3, -0.25) is 9.59 Å². The third-order valence-corrected chi connectivity index (χ3v) is 4.70. The predicted octanol–water partition coefficient (Wildman–Crippen LogP) is 2.12. The lowest BCUT2D eigenvalue weighted by atomic mass is 10.2. The van der Waals surface area contributed by atoms with Crippen molar-refractivity contribution in [2.75, 3.05) is 37.6 Å². The van der Waals surface area contributed by atoms with Crippen molar-refractivity contribution in [1.82, 2.24) is 10.2 Å². The van der Waals surface area contributed by atoms with Gasteiger partial charge in [0, 0.05) is 26.2 Å².